The molecule has 112 valence electrons. The summed E-state index contributed by atoms with van der Waals surface area (Å²) in [6, 6.07) is 8.45. The lowest BCUT2D eigenvalue weighted by Gasteiger charge is -2.01. The number of rotatable bonds is 3. The summed E-state index contributed by atoms with van der Waals surface area (Å²) >= 11 is 1.76. The van der Waals surface area contributed by atoms with Gasteiger partial charge in [0.05, 0.1) is 6.61 Å². The topological polar surface area (TPSA) is 20.2 Å². The monoisotopic (exact) mass is 300 g/mol. The molecule has 1 aliphatic carbocycles. The van der Waals surface area contributed by atoms with E-state index in [1.54, 1.807) is 11.8 Å². The maximum Gasteiger partial charge on any atom is 0.0528 e. The number of allylic oxidation sites excluding steroid dienone is 5. The molecule has 0 radical (unpaired) electrons. The molecule has 0 heterocycles. The Morgan fingerprint density at radius 3 is 2.48 bits per heavy atom. The summed E-state index contributed by atoms with van der Waals surface area (Å²) in [5.74, 6) is 0.213. The molecule has 0 aromatic heterocycles. The van der Waals surface area contributed by atoms with Gasteiger partial charge in [0.25, 0.3) is 0 Å². The molecule has 1 atom stereocenters. The first-order valence-electron chi connectivity index (χ1n) is 7.08. The van der Waals surface area contributed by atoms with Crippen LogP contribution in [0.25, 0.3) is 5.57 Å². The van der Waals surface area contributed by atoms with Crippen molar-refractivity contribution in [2.75, 3.05) is 12.9 Å². The van der Waals surface area contributed by atoms with Gasteiger partial charge in [-0.05, 0) is 37.3 Å². The third kappa shape index (κ3) is 7.16. The summed E-state index contributed by atoms with van der Waals surface area (Å²) in [6.07, 6.45) is 15.2. The molecule has 1 aliphatic rings. The predicted octanol–water partition coefficient (Wildman–Crippen LogP) is 5.11. The molecule has 1 N–H and O–H groups in total. The summed E-state index contributed by atoms with van der Waals surface area (Å²) in [5.41, 5.74) is 2.35. The molecule has 1 unspecified atom stereocenters. The standard InChI is InChI=1S/C10H12S.C9H12O/c1-8(2)9-4-6-10(11-3)7-5-9;10-8-9-6-4-2-1-3-5-7-9/h4-7H,1H2,2-3H3;1-2,4-7,9-10H,3,8H2/b;2-1-,6-4?,7-5-. The minimum atomic E-state index is 0.209. The van der Waals surface area contributed by atoms with E-state index in [-0.39, 0.29) is 12.5 Å². The molecule has 0 fully saturated rings. The van der Waals surface area contributed by atoms with Gasteiger partial charge in [-0.15, -0.1) is 11.8 Å². The lowest BCUT2D eigenvalue weighted by molar-refractivity contribution is 0.274. The van der Waals surface area contributed by atoms with Crippen LogP contribution >= 0.6 is 11.8 Å². The number of aliphatic hydroxyl groups is 1. The number of thioether (sulfide) groups is 1. The van der Waals surface area contributed by atoms with Gasteiger partial charge in [-0.2, -0.15) is 0 Å². The number of hydrogen-bond donors (Lipinski definition) is 1. The second kappa shape index (κ2) is 10.3. The molecule has 0 amide bonds. The predicted molar refractivity (Wildman–Crippen MR) is 95.5 cm³/mol. The van der Waals surface area contributed by atoms with Crippen molar-refractivity contribution in [3.63, 3.8) is 0 Å². The molecular formula is C19H24OS. The molecule has 1 nitrogen and oxygen atoms in total. The highest BCUT2D eigenvalue weighted by molar-refractivity contribution is 7.98. The smallest absolute Gasteiger partial charge is 0.0528 e. The van der Waals surface area contributed by atoms with Gasteiger partial charge in [-0.1, -0.05) is 60.7 Å². The fourth-order valence-electron chi connectivity index (χ4n) is 1.76. The van der Waals surface area contributed by atoms with Crippen molar-refractivity contribution in [3.05, 3.63) is 72.9 Å². The van der Waals surface area contributed by atoms with Crippen molar-refractivity contribution in [2.24, 2.45) is 5.92 Å². The van der Waals surface area contributed by atoms with Crippen molar-refractivity contribution in [2.45, 2.75) is 18.2 Å². The van der Waals surface area contributed by atoms with E-state index in [9.17, 15) is 0 Å². The molecular weight excluding hydrogens is 276 g/mol. The number of aliphatic hydroxyl groups excluding tert-OH is 1. The van der Waals surface area contributed by atoms with Crippen molar-refractivity contribution in [1.82, 2.24) is 0 Å². The van der Waals surface area contributed by atoms with Crippen LogP contribution in [0.1, 0.15) is 18.9 Å². The van der Waals surface area contributed by atoms with Crippen LogP contribution in [0.2, 0.25) is 0 Å². The van der Waals surface area contributed by atoms with E-state index in [1.807, 2.05) is 31.2 Å². The Kier molecular flexibility index (Phi) is 8.56. The van der Waals surface area contributed by atoms with E-state index in [0.29, 0.717) is 0 Å². The van der Waals surface area contributed by atoms with Gasteiger partial charge in [0.2, 0.25) is 0 Å². The van der Waals surface area contributed by atoms with Gasteiger partial charge in [0.15, 0.2) is 0 Å². The van der Waals surface area contributed by atoms with Gasteiger partial charge in [0.1, 0.15) is 0 Å². The summed E-state index contributed by atoms with van der Waals surface area (Å²) in [6.45, 7) is 6.11. The highest BCUT2D eigenvalue weighted by Gasteiger charge is 1.95. The quantitative estimate of drug-likeness (QED) is 0.618. The van der Waals surface area contributed by atoms with Crippen LogP contribution in [-0.2, 0) is 0 Å². The lowest BCUT2D eigenvalue weighted by Crippen LogP contribution is -1.97. The summed E-state index contributed by atoms with van der Waals surface area (Å²) < 4.78 is 0. The third-order valence-corrected chi connectivity index (χ3v) is 3.80. The Bertz CT molecular complexity index is 509. The first-order valence-corrected chi connectivity index (χ1v) is 8.30. The molecule has 0 aliphatic heterocycles. The summed E-state index contributed by atoms with van der Waals surface area (Å²) in [7, 11) is 0. The molecule has 0 saturated carbocycles. The second-order valence-corrected chi connectivity index (χ2v) is 5.71. The maximum atomic E-state index is 8.78. The van der Waals surface area contributed by atoms with E-state index in [0.717, 1.165) is 12.0 Å². The molecule has 1 aromatic rings. The van der Waals surface area contributed by atoms with Crippen molar-refractivity contribution in [1.29, 1.82) is 0 Å². The van der Waals surface area contributed by atoms with Crippen LogP contribution in [-0.4, -0.2) is 18.0 Å². The molecule has 2 heteroatoms. The number of benzene rings is 1. The SMILES string of the molecule is C=C(C)c1ccc(SC)cc1.OCC1C=C/C=C\C/C=C\1. The van der Waals surface area contributed by atoms with Crippen LogP contribution < -0.4 is 0 Å². The van der Waals surface area contributed by atoms with E-state index in [1.165, 1.54) is 10.5 Å². The van der Waals surface area contributed by atoms with Gasteiger partial charge in [-0.25, -0.2) is 0 Å². The first-order chi connectivity index (χ1) is 10.2. The Morgan fingerprint density at radius 2 is 1.90 bits per heavy atom. The van der Waals surface area contributed by atoms with E-state index >= 15 is 0 Å². The first kappa shape index (κ1) is 17.5. The molecule has 0 spiro atoms. The Labute approximate surface area is 132 Å². The Balaban J connectivity index is 0.000000211. The maximum absolute atomic E-state index is 8.78. The van der Waals surface area contributed by atoms with Crippen molar-refractivity contribution in [3.8, 4) is 0 Å². The normalized spacial score (nSPS) is 19.7. The van der Waals surface area contributed by atoms with E-state index in [2.05, 4.69) is 49.3 Å². The molecule has 2 rings (SSSR count). The van der Waals surface area contributed by atoms with Crippen LogP contribution in [0, 0.1) is 5.92 Å². The highest BCUT2D eigenvalue weighted by Crippen LogP contribution is 2.18. The Hall–Kier alpha value is -1.51. The van der Waals surface area contributed by atoms with E-state index in [4.69, 9.17) is 5.11 Å². The second-order valence-electron chi connectivity index (χ2n) is 4.83. The average molecular weight is 300 g/mol. The largest absolute Gasteiger partial charge is 0.395 e. The molecule has 0 bridgehead atoms. The minimum Gasteiger partial charge on any atom is -0.395 e. The van der Waals surface area contributed by atoms with Gasteiger partial charge >= 0.3 is 0 Å². The van der Waals surface area contributed by atoms with Crippen LogP contribution in [0.4, 0.5) is 0 Å². The molecule has 21 heavy (non-hydrogen) atoms. The zero-order valence-electron chi connectivity index (χ0n) is 12.8. The summed E-state index contributed by atoms with van der Waals surface area (Å²) in [4.78, 5) is 1.30. The van der Waals surface area contributed by atoms with Crippen LogP contribution in [0.5, 0.6) is 0 Å². The zero-order chi connectivity index (χ0) is 15.5. The molecule has 1 aromatic carbocycles. The van der Waals surface area contributed by atoms with Crippen LogP contribution in [0.3, 0.4) is 0 Å². The van der Waals surface area contributed by atoms with Gasteiger partial charge in [-0.3, -0.25) is 0 Å². The highest BCUT2D eigenvalue weighted by atomic mass is 32.2. The fraction of sp³-hybridized carbons (Fsp3) is 0.263. The Morgan fingerprint density at radius 1 is 1.19 bits per heavy atom. The fourth-order valence-corrected chi connectivity index (χ4v) is 2.17. The lowest BCUT2D eigenvalue weighted by atomic mass is 10.1. The van der Waals surface area contributed by atoms with Gasteiger partial charge in [0, 0.05) is 10.8 Å². The minimum absolute atomic E-state index is 0.209. The molecule has 0 saturated heterocycles. The third-order valence-electron chi connectivity index (χ3n) is 3.05. The van der Waals surface area contributed by atoms with Crippen molar-refractivity contribution < 1.29 is 5.11 Å². The van der Waals surface area contributed by atoms with Crippen LogP contribution in [0.15, 0.2) is 72.2 Å². The van der Waals surface area contributed by atoms with E-state index < -0.39 is 0 Å². The zero-order valence-corrected chi connectivity index (χ0v) is 13.6. The van der Waals surface area contributed by atoms with Gasteiger partial charge < -0.3 is 5.11 Å². The van der Waals surface area contributed by atoms with Crippen molar-refractivity contribution >= 4 is 17.3 Å². The number of hydrogen-bond acceptors (Lipinski definition) is 2. The average Bonchev–Trinajstić information content (AvgIpc) is 2.48. The summed E-state index contributed by atoms with van der Waals surface area (Å²) in [5, 5.41) is 8.78.